The van der Waals surface area contributed by atoms with Gasteiger partial charge in [0.25, 0.3) is 0 Å². The van der Waals surface area contributed by atoms with E-state index in [4.69, 9.17) is 32.7 Å². The summed E-state index contributed by atoms with van der Waals surface area (Å²) in [5.41, 5.74) is -0.540. The minimum absolute atomic E-state index is 0.180. The van der Waals surface area contributed by atoms with Crippen molar-refractivity contribution < 1.29 is 23.6 Å². The zero-order valence-electron chi connectivity index (χ0n) is 12.2. The molecule has 0 N–H and O–H groups in total. The van der Waals surface area contributed by atoms with Crippen LogP contribution in [-0.2, 0) is 4.79 Å². The second-order valence-electron chi connectivity index (χ2n) is 4.63. The van der Waals surface area contributed by atoms with Gasteiger partial charge in [-0.15, -0.1) is 0 Å². The van der Waals surface area contributed by atoms with Gasteiger partial charge in [0.1, 0.15) is 11.6 Å². The maximum absolute atomic E-state index is 13.2. The number of rotatable bonds is 5. The fraction of sp³-hybridized carbons (Fsp3) is 0.133. The summed E-state index contributed by atoms with van der Waals surface area (Å²) < 4.78 is 23.4. The van der Waals surface area contributed by atoms with Crippen LogP contribution in [0, 0.1) is 15.9 Å². The van der Waals surface area contributed by atoms with Crippen molar-refractivity contribution in [3.63, 3.8) is 0 Å². The molecule has 0 aliphatic carbocycles. The van der Waals surface area contributed by atoms with E-state index in [-0.39, 0.29) is 10.8 Å². The van der Waals surface area contributed by atoms with Gasteiger partial charge in [0.15, 0.2) is 6.10 Å². The Hall–Kier alpha value is -2.38. The Labute approximate surface area is 145 Å². The number of ether oxygens (including phenoxy) is 2. The van der Waals surface area contributed by atoms with Gasteiger partial charge in [-0.05, 0) is 31.2 Å². The van der Waals surface area contributed by atoms with Gasteiger partial charge >= 0.3 is 11.7 Å². The van der Waals surface area contributed by atoms with Gasteiger partial charge < -0.3 is 9.47 Å². The molecule has 0 aromatic heterocycles. The molecule has 2 rings (SSSR count). The number of nitrogens with zero attached hydrogens (tertiary/aromatic N) is 1. The van der Waals surface area contributed by atoms with E-state index in [1.165, 1.54) is 25.1 Å². The maximum Gasteiger partial charge on any atom is 0.352 e. The molecule has 6 nitrogen and oxygen atoms in total. The van der Waals surface area contributed by atoms with Crippen LogP contribution in [0.25, 0.3) is 0 Å². The lowest BCUT2D eigenvalue weighted by molar-refractivity contribution is -0.385. The second kappa shape index (κ2) is 7.46. The van der Waals surface area contributed by atoms with Crippen molar-refractivity contribution in [1.29, 1.82) is 0 Å². The summed E-state index contributed by atoms with van der Waals surface area (Å²) in [6.07, 6.45) is -1.15. The lowest BCUT2D eigenvalue weighted by Gasteiger charge is -2.15. The van der Waals surface area contributed by atoms with E-state index >= 15 is 0 Å². The highest BCUT2D eigenvalue weighted by atomic mass is 35.5. The van der Waals surface area contributed by atoms with E-state index in [1.807, 2.05) is 0 Å². The molecule has 0 fully saturated rings. The summed E-state index contributed by atoms with van der Waals surface area (Å²) in [5.74, 6) is -2.06. The number of hydrogen-bond acceptors (Lipinski definition) is 5. The molecule has 126 valence electrons. The Morgan fingerprint density at radius 1 is 1.21 bits per heavy atom. The number of esters is 1. The van der Waals surface area contributed by atoms with Crippen molar-refractivity contribution in [3.05, 3.63) is 62.4 Å². The first-order valence-electron chi connectivity index (χ1n) is 6.55. The number of nitro benzene ring substituents is 1. The van der Waals surface area contributed by atoms with E-state index in [1.54, 1.807) is 0 Å². The molecule has 0 radical (unpaired) electrons. The van der Waals surface area contributed by atoms with E-state index in [9.17, 15) is 19.3 Å². The van der Waals surface area contributed by atoms with Gasteiger partial charge in [-0.3, -0.25) is 10.1 Å². The van der Waals surface area contributed by atoms with Crippen LogP contribution < -0.4 is 9.47 Å². The number of halogens is 3. The summed E-state index contributed by atoms with van der Waals surface area (Å²) in [6.45, 7) is 1.36. The van der Waals surface area contributed by atoms with E-state index in [0.717, 1.165) is 18.2 Å². The first-order valence-corrected chi connectivity index (χ1v) is 7.31. The highest BCUT2D eigenvalue weighted by Crippen LogP contribution is 2.30. The Morgan fingerprint density at radius 2 is 1.92 bits per heavy atom. The third-order valence-corrected chi connectivity index (χ3v) is 3.39. The Balaban J connectivity index is 2.14. The molecule has 0 bridgehead atoms. The molecule has 1 atom stereocenters. The average molecular weight is 374 g/mol. The standard InChI is InChI=1S/C15H10Cl2FNO5/c1-8(23-13-5-2-9(16)6-11(13)17)15(20)24-14-7-10(18)3-4-12(14)19(21)22/h2-8H,1H3. The van der Waals surface area contributed by atoms with Crippen molar-refractivity contribution >= 4 is 34.9 Å². The largest absolute Gasteiger partial charge is 0.477 e. The van der Waals surface area contributed by atoms with Crippen molar-refractivity contribution in [2.24, 2.45) is 0 Å². The molecular formula is C15H10Cl2FNO5. The van der Waals surface area contributed by atoms with Crippen molar-refractivity contribution in [3.8, 4) is 11.5 Å². The number of carbonyl (C=O) groups excluding carboxylic acids is 1. The van der Waals surface area contributed by atoms with Gasteiger partial charge in [0.05, 0.1) is 9.95 Å². The average Bonchev–Trinajstić information content (AvgIpc) is 2.49. The third kappa shape index (κ3) is 4.33. The quantitative estimate of drug-likeness (QED) is 0.335. The first kappa shape index (κ1) is 18.0. The monoisotopic (exact) mass is 373 g/mol. The molecule has 0 aliphatic rings. The minimum atomic E-state index is -1.15. The molecule has 24 heavy (non-hydrogen) atoms. The van der Waals surface area contributed by atoms with E-state index < -0.39 is 34.3 Å². The van der Waals surface area contributed by atoms with Crippen LogP contribution in [0.4, 0.5) is 10.1 Å². The molecule has 0 heterocycles. The molecule has 2 aromatic carbocycles. The van der Waals surface area contributed by atoms with Gasteiger partial charge in [0.2, 0.25) is 5.75 Å². The summed E-state index contributed by atoms with van der Waals surface area (Å²) in [4.78, 5) is 22.1. The normalized spacial score (nSPS) is 11.7. The highest BCUT2D eigenvalue weighted by Gasteiger charge is 2.24. The van der Waals surface area contributed by atoms with Gasteiger partial charge in [-0.2, -0.15) is 0 Å². The Bertz CT molecular complexity index is 799. The van der Waals surface area contributed by atoms with Crippen LogP contribution in [-0.4, -0.2) is 17.0 Å². The molecule has 0 spiro atoms. The third-order valence-electron chi connectivity index (χ3n) is 2.86. The Kier molecular flexibility index (Phi) is 5.58. The fourth-order valence-electron chi connectivity index (χ4n) is 1.72. The van der Waals surface area contributed by atoms with Crippen molar-refractivity contribution in [2.75, 3.05) is 0 Å². The lowest BCUT2D eigenvalue weighted by Crippen LogP contribution is -2.28. The Morgan fingerprint density at radius 3 is 2.54 bits per heavy atom. The van der Waals surface area contributed by atoms with Crippen LogP contribution >= 0.6 is 23.2 Å². The summed E-state index contributed by atoms with van der Waals surface area (Å²) in [5, 5.41) is 11.4. The van der Waals surface area contributed by atoms with Crippen LogP contribution in [0.3, 0.4) is 0 Å². The highest BCUT2D eigenvalue weighted by molar-refractivity contribution is 6.35. The topological polar surface area (TPSA) is 78.7 Å². The number of nitro groups is 1. The molecule has 0 saturated carbocycles. The predicted molar refractivity (Wildman–Crippen MR) is 85.2 cm³/mol. The zero-order chi connectivity index (χ0) is 17.9. The number of carbonyl (C=O) groups is 1. The fourth-order valence-corrected chi connectivity index (χ4v) is 2.17. The molecule has 2 aromatic rings. The SMILES string of the molecule is CC(Oc1ccc(Cl)cc1Cl)C(=O)Oc1cc(F)ccc1[N+](=O)[O-]. The van der Waals surface area contributed by atoms with Gasteiger partial charge in [-0.25, -0.2) is 9.18 Å². The van der Waals surface area contributed by atoms with Crippen LogP contribution in [0.2, 0.25) is 10.0 Å². The van der Waals surface area contributed by atoms with E-state index in [0.29, 0.717) is 5.02 Å². The first-order chi connectivity index (χ1) is 11.3. The van der Waals surface area contributed by atoms with Gasteiger partial charge in [-0.1, -0.05) is 23.2 Å². The predicted octanol–water partition coefficient (Wildman–Crippen LogP) is 4.41. The number of hydrogen-bond donors (Lipinski definition) is 0. The molecule has 0 saturated heterocycles. The van der Waals surface area contributed by atoms with Gasteiger partial charge in [0, 0.05) is 17.2 Å². The van der Waals surface area contributed by atoms with E-state index in [2.05, 4.69) is 0 Å². The summed E-state index contributed by atoms with van der Waals surface area (Å²) >= 11 is 11.7. The van der Waals surface area contributed by atoms with Crippen molar-refractivity contribution in [2.45, 2.75) is 13.0 Å². The summed E-state index contributed by atoms with van der Waals surface area (Å²) in [6, 6.07) is 6.94. The maximum atomic E-state index is 13.2. The molecule has 1 unspecified atom stereocenters. The summed E-state index contributed by atoms with van der Waals surface area (Å²) in [7, 11) is 0. The lowest BCUT2D eigenvalue weighted by atomic mass is 10.3. The van der Waals surface area contributed by atoms with Crippen molar-refractivity contribution in [1.82, 2.24) is 0 Å². The molecular weight excluding hydrogens is 364 g/mol. The van der Waals surface area contributed by atoms with Crippen LogP contribution in [0.1, 0.15) is 6.92 Å². The molecule has 0 amide bonds. The van der Waals surface area contributed by atoms with Crippen LogP contribution in [0.5, 0.6) is 11.5 Å². The molecule has 9 heteroatoms. The second-order valence-corrected chi connectivity index (χ2v) is 5.47. The van der Waals surface area contributed by atoms with Crippen LogP contribution in [0.15, 0.2) is 36.4 Å². The number of benzene rings is 2. The zero-order valence-corrected chi connectivity index (χ0v) is 13.7. The minimum Gasteiger partial charge on any atom is -0.477 e. The smallest absolute Gasteiger partial charge is 0.352 e. The molecule has 0 aliphatic heterocycles.